The van der Waals surface area contributed by atoms with Crippen LogP contribution in [-0.2, 0) is 14.8 Å². The number of carbonyl (C=O) groups excluding carboxylic acids is 1. The fraction of sp³-hybridized carbons (Fsp3) is 0.417. The molecule has 0 radical (unpaired) electrons. The van der Waals surface area contributed by atoms with Crippen molar-refractivity contribution in [3.63, 3.8) is 0 Å². The van der Waals surface area contributed by atoms with E-state index >= 15 is 0 Å². The molecule has 0 atom stereocenters. The summed E-state index contributed by atoms with van der Waals surface area (Å²) in [5.74, 6) is -1.94. The summed E-state index contributed by atoms with van der Waals surface area (Å²) in [4.78, 5) is 9.95. The predicted octanol–water partition coefficient (Wildman–Crippen LogP) is 1.56. The average Bonchev–Trinajstić information content (AvgIpc) is 2.41. The van der Waals surface area contributed by atoms with Crippen molar-refractivity contribution in [1.29, 1.82) is 0 Å². The van der Waals surface area contributed by atoms with E-state index in [1.54, 1.807) is 0 Å². The third-order valence-corrected chi connectivity index (χ3v) is 5.12. The van der Waals surface area contributed by atoms with Gasteiger partial charge >= 0.3 is 0 Å². The molecular weight excluding hydrogens is 276 g/mol. The van der Waals surface area contributed by atoms with Gasteiger partial charge in [-0.2, -0.15) is 4.31 Å². The Kier molecular flexibility index (Phi) is 3.96. The Morgan fingerprint density at radius 3 is 2.42 bits per heavy atom. The largest absolute Gasteiger partial charge is 0.303 e. The first kappa shape index (κ1) is 14.1. The standard InChI is InChI=1S/C12H13F2NO3S/c13-10-1-2-11(14)12(7-10)19(17,18)15-5-3-9(8-16)4-6-15/h1-2,7-9H,3-6H2. The Bertz CT molecular complexity index is 581. The maximum Gasteiger partial charge on any atom is 0.246 e. The van der Waals surface area contributed by atoms with Crippen molar-refractivity contribution in [2.24, 2.45) is 5.92 Å². The van der Waals surface area contributed by atoms with Crippen LogP contribution in [0, 0.1) is 17.6 Å². The maximum absolute atomic E-state index is 13.5. The van der Waals surface area contributed by atoms with E-state index in [0.29, 0.717) is 18.9 Å². The molecule has 1 heterocycles. The number of aldehydes is 1. The minimum absolute atomic E-state index is 0.141. The van der Waals surface area contributed by atoms with Crippen LogP contribution in [0.4, 0.5) is 8.78 Å². The third-order valence-electron chi connectivity index (χ3n) is 3.20. The van der Waals surface area contributed by atoms with E-state index in [9.17, 15) is 22.0 Å². The Morgan fingerprint density at radius 2 is 1.84 bits per heavy atom. The molecule has 1 aromatic rings. The molecule has 0 spiro atoms. The van der Waals surface area contributed by atoms with Gasteiger partial charge in [0.25, 0.3) is 0 Å². The molecule has 19 heavy (non-hydrogen) atoms. The maximum atomic E-state index is 13.5. The van der Waals surface area contributed by atoms with E-state index < -0.39 is 26.6 Å². The van der Waals surface area contributed by atoms with Crippen molar-refractivity contribution in [3.05, 3.63) is 29.8 Å². The minimum Gasteiger partial charge on any atom is -0.303 e. The van der Waals surface area contributed by atoms with Crippen LogP contribution in [0.25, 0.3) is 0 Å². The van der Waals surface area contributed by atoms with Gasteiger partial charge in [-0.25, -0.2) is 17.2 Å². The molecule has 0 unspecified atom stereocenters. The lowest BCUT2D eigenvalue weighted by molar-refractivity contribution is -0.112. The normalized spacial score (nSPS) is 18.4. The van der Waals surface area contributed by atoms with E-state index in [1.165, 1.54) is 0 Å². The minimum atomic E-state index is -4.04. The highest BCUT2D eigenvalue weighted by Crippen LogP contribution is 2.25. The number of benzene rings is 1. The quantitative estimate of drug-likeness (QED) is 0.794. The highest BCUT2D eigenvalue weighted by molar-refractivity contribution is 7.89. The Balaban J connectivity index is 2.28. The molecule has 1 aliphatic heterocycles. The Labute approximate surface area is 110 Å². The van der Waals surface area contributed by atoms with Crippen molar-refractivity contribution in [3.8, 4) is 0 Å². The summed E-state index contributed by atoms with van der Waals surface area (Å²) in [6.07, 6.45) is 1.60. The van der Waals surface area contributed by atoms with E-state index in [4.69, 9.17) is 0 Å². The van der Waals surface area contributed by atoms with Gasteiger partial charge in [-0.15, -0.1) is 0 Å². The highest BCUT2D eigenvalue weighted by atomic mass is 32.2. The van der Waals surface area contributed by atoms with Gasteiger partial charge in [0, 0.05) is 19.0 Å². The molecule has 0 aliphatic carbocycles. The number of hydrogen-bond donors (Lipinski definition) is 0. The van der Waals surface area contributed by atoms with Gasteiger partial charge in [0.1, 0.15) is 22.8 Å². The number of nitrogens with zero attached hydrogens (tertiary/aromatic N) is 1. The number of piperidine rings is 1. The molecule has 1 saturated heterocycles. The second-order valence-electron chi connectivity index (χ2n) is 4.45. The molecule has 7 heteroatoms. The van der Waals surface area contributed by atoms with Gasteiger partial charge in [0.05, 0.1) is 0 Å². The first-order valence-electron chi connectivity index (χ1n) is 5.85. The molecule has 0 saturated carbocycles. The van der Waals surface area contributed by atoms with E-state index in [-0.39, 0.29) is 19.0 Å². The van der Waals surface area contributed by atoms with Crippen molar-refractivity contribution >= 4 is 16.3 Å². The van der Waals surface area contributed by atoms with Crippen molar-refractivity contribution in [1.82, 2.24) is 4.31 Å². The summed E-state index contributed by atoms with van der Waals surface area (Å²) in [6.45, 7) is 0.281. The third kappa shape index (κ3) is 2.82. The zero-order valence-corrected chi connectivity index (χ0v) is 10.9. The number of carbonyl (C=O) groups is 1. The molecule has 1 aromatic carbocycles. The number of rotatable bonds is 3. The molecule has 2 rings (SSSR count). The van der Waals surface area contributed by atoms with E-state index in [0.717, 1.165) is 22.7 Å². The number of sulfonamides is 1. The van der Waals surface area contributed by atoms with Crippen LogP contribution in [0.15, 0.2) is 23.1 Å². The summed E-state index contributed by atoms with van der Waals surface area (Å²) in [7, 11) is -4.04. The van der Waals surface area contributed by atoms with Crippen LogP contribution in [0.1, 0.15) is 12.8 Å². The van der Waals surface area contributed by atoms with E-state index in [2.05, 4.69) is 0 Å². The highest BCUT2D eigenvalue weighted by Gasteiger charge is 2.31. The van der Waals surface area contributed by atoms with Crippen LogP contribution in [0.5, 0.6) is 0 Å². The van der Waals surface area contributed by atoms with Crippen LogP contribution in [0.3, 0.4) is 0 Å². The second kappa shape index (κ2) is 5.34. The zero-order valence-electron chi connectivity index (χ0n) is 10.1. The Morgan fingerprint density at radius 1 is 1.21 bits per heavy atom. The second-order valence-corrected chi connectivity index (χ2v) is 6.36. The van der Waals surface area contributed by atoms with Crippen molar-refractivity contribution in [2.75, 3.05) is 13.1 Å². The van der Waals surface area contributed by atoms with Gasteiger partial charge in [-0.05, 0) is 31.0 Å². The molecule has 104 valence electrons. The van der Waals surface area contributed by atoms with Crippen LogP contribution in [-0.4, -0.2) is 32.1 Å². The van der Waals surface area contributed by atoms with Crippen LogP contribution in [0.2, 0.25) is 0 Å². The van der Waals surface area contributed by atoms with Gasteiger partial charge in [0.2, 0.25) is 10.0 Å². The van der Waals surface area contributed by atoms with Crippen molar-refractivity contribution in [2.45, 2.75) is 17.7 Å². The average molecular weight is 289 g/mol. The van der Waals surface area contributed by atoms with Crippen LogP contribution < -0.4 is 0 Å². The summed E-state index contributed by atoms with van der Waals surface area (Å²) in [5, 5.41) is 0. The van der Waals surface area contributed by atoms with Gasteiger partial charge in [-0.1, -0.05) is 0 Å². The lowest BCUT2D eigenvalue weighted by Gasteiger charge is -2.28. The first-order valence-corrected chi connectivity index (χ1v) is 7.29. The Hall–Kier alpha value is -1.34. The lowest BCUT2D eigenvalue weighted by Crippen LogP contribution is -2.39. The predicted molar refractivity (Wildman–Crippen MR) is 63.9 cm³/mol. The van der Waals surface area contributed by atoms with Gasteiger partial charge < -0.3 is 4.79 Å². The first-order chi connectivity index (χ1) is 8.95. The molecule has 0 N–H and O–H groups in total. The fourth-order valence-corrected chi connectivity index (χ4v) is 3.61. The summed E-state index contributed by atoms with van der Waals surface area (Å²) in [6, 6.07) is 2.34. The van der Waals surface area contributed by atoms with Gasteiger partial charge in [-0.3, -0.25) is 0 Å². The van der Waals surface area contributed by atoms with Crippen molar-refractivity contribution < 1.29 is 22.0 Å². The van der Waals surface area contributed by atoms with Crippen LogP contribution >= 0.6 is 0 Å². The molecule has 0 bridgehead atoms. The SMILES string of the molecule is O=CC1CCN(S(=O)(=O)c2cc(F)ccc2F)CC1. The molecule has 1 aliphatic rings. The molecule has 1 fully saturated rings. The molecule has 0 aromatic heterocycles. The molecule has 0 amide bonds. The fourth-order valence-electron chi connectivity index (χ4n) is 2.07. The number of hydrogen-bond acceptors (Lipinski definition) is 3. The smallest absolute Gasteiger partial charge is 0.246 e. The lowest BCUT2D eigenvalue weighted by atomic mass is 10.0. The number of halogens is 2. The zero-order chi connectivity index (χ0) is 14.0. The summed E-state index contributed by atoms with van der Waals surface area (Å²) in [5.41, 5.74) is 0. The molecular formula is C12H13F2NO3S. The monoisotopic (exact) mass is 289 g/mol. The summed E-state index contributed by atoms with van der Waals surface area (Å²) >= 11 is 0. The van der Waals surface area contributed by atoms with E-state index in [1.807, 2.05) is 0 Å². The van der Waals surface area contributed by atoms with Gasteiger partial charge in [0.15, 0.2) is 0 Å². The molecule has 4 nitrogen and oxygen atoms in total. The topological polar surface area (TPSA) is 54.5 Å². The summed E-state index contributed by atoms with van der Waals surface area (Å²) < 4.78 is 52.1.